The van der Waals surface area contributed by atoms with Crippen molar-refractivity contribution >= 4 is 22.6 Å². The van der Waals surface area contributed by atoms with Crippen molar-refractivity contribution in [1.82, 2.24) is 15.3 Å². The molecule has 148 valence electrons. The molecule has 0 bridgehead atoms. The number of aromatic amines is 1. The molecule has 27 heavy (non-hydrogen) atoms. The van der Waals surface area contributed by atoms with Crippen LogP contribution in [-0.2, 0) is 0 Å². The van der Waals surface area contributed by atoms with Gasteiger partial charge in [0.2, 0.25) is 0 Å². The maximum Gasteiger partial charge on any atom is 0.254 e. The largest absolute Gasteiger partial charge is 0.390 e. The second-order valence-electron chi connectivity index (χ2n) is 8.17. The number of anilines is 1. The fourth-order valence-electron chi connectivity index (χ4n) is 4.51. The molecule has 0 aromatic carbocycles. The molecular weight excluding hydrogens is 340 g/mol. The third-order valence-corrected chi connectivity index (χ3v) is 5.98. The van der Waals surface area contributed by atoms with Crippen molar-refractivity contribution in [3.8, 4) is 0 Å². The average Bonchev–Trinajstić information content (AvgIpc) is 3.10. The van der Waals surface area contributed by atoms with Crippen molar-refractivity contribution in [2.45, 2.75) is 65.0 Å². The number of carbonyl (C=O) groups excluding carboxylic acids is 1. The average molecular weight is 373 g/mol. The van der Waals surface area contributed by atoms with Crippen LogP contribution in [0.25, 0.3) is 11.0 Å². The minimum atomic E-state index is -0.581. The first-order valence-corrected chi connectivity index (χ1v) is 10.1. The molecule has 0 radical (unpaired) electrons. The normalized spacial score (nSPS) is 26.7. The third kappa shape index (κ3) is 4.10. The van der Waals surface area contributed by atoms with Gasteiger partial charge in [0.15, 0.2) is 0 Å². The van der Waals surface area contributed by atoms with Crippen LogP contribution in [0.1, 0.15) is 63.7 Å². The van der Waals surface area contributed by atoms with Crippen molar-refractivity contribution in [2.75, 3.05) is 11.9 Å². The molecule has 1 unspecified atom stereocenters. The first-order valence-electron chi connectivity index (χ1n) is 10.1. The summed E-state index contributed by atoms with van der Waals surface area (Å²) in [6, 6.07) is 2.09. The zero-order valence-electron chi connectivity index (χ0n) is 16.8. The highest BCUT2D eigenvalue weighted by Crippen LogP contribution is 2.40. The van der Waals surface area contributed by atoms with E-state index in [1.54, 1.807) is 6.20 Å². The Morgan fingerprint density at radius 1 is 1.44 bits per heavy atom. The van der Waals surface area contributed by atoms with Crippen LogP contribution in [0, 0.1) is 11.8 Å². The topological polar surface area (TPSA) is 90.0 Å². The maximum atomic E-state index is 12.5. The van der Waals surface area contributed by atoms with E-state index < -0.39 is 5.60 Å². The van der Waals surface area contributed by atoms with Crippen LogP contribution in [0.4, 0.5) is 5.69 Å². The molecule has 1 saturated carbocycles. The van der Waals surface area contributed by atoms with Gasteiger partial charge in [-0.2, -0.15) is 0 Å². The highest BCUT2D eigenvalue weighted by Gasteiger charge is 2.38. The summed E-state index contributed by atoms with van der Waals surface area (Å²) >= 11 is 0. The van der Waals surface area contributed by atoms with Crippen molar-refractivity contribution < 1.29 is 9.90 Å². The van der Waals surface area contributed by atoms with E-state index in [1.807, 2.05) is 19.2 Å². The monoisotopic (exact) mass is 372 g/mol. The molecule has 6 heteroatoms. The van der Waals surface area contributed by atoms with Crippen LogP contribution in [-0.4, -0.2) is 39.2 Å². The molecular formula is C21H32N4O2. The van der Waals surface area contributed by atoms with Gasteiger partial charge in [0.05, 0.1) is 16.9 Å². The summed E-state index contributed by atoms with van der Waals surface area (Å²) in [6.45, 7) is 8.91. The zero-order chi connectivity index (χ0) is 19.6. The standard InChI is InChI=1S/C21H32N4O2/c1-5-21(27)10-13(3)9-15(11-21)14(4)25-18-16-7-8-23-19(16)24-12-17(18)20(26)22-6-2/h7-8,12-15,27H,5-6,9-11H2,1-4H3,(H,22,26)(H2,23,24,25)/t13?,14-,15-,21-/m0/s1. The van der Waals surface area contributed by atoms with E-state index in [9.17, 15) is 9.90 Å². The second-order valence-corrected chi connectivity index (χ2v) is 8.17. The highest BCUT2D eigenvalue weighted by molar-refractivity contribution is 6.06. The maximum absolute atomic E-state index is 12.5. The number of aromatic nitrogens is 2. The van der Waals surface area contributed by atoms with Crippen LogP contribution >= 0.6 is 0 Å². The van der Waals surface area contributed by atoms with Crippen LogP contribution in [0.5, 0.6) is 0 Å². The number of aliphatic hydroxyl groups is 1. The van der Waals surface area contributed by atoms with Gasteiger partial charge in [0, 0.05) is 30.4 Å². The molecule has 4 atom stereocenters. The number of hydrogen-bond acceptors (Lipinski definition) is 4. The molecule has 1 fully saturated rings. The number of H-pyrrole nitrogens is 1. The lowest BCUT2D eigenvalue weighted by Crippen LogP contribution is -2.43. The van der Waals surface area contributed by atoms with Crippen LogP contribution in [0.3, 0.4) is 0 Å². The first-order chi connectivity index (χ1) is 12.9. The van der Waals surface area contributed by atoms with E-state index in [2.05, 4.69) is 41.4 Å². The lowest BCUT2D eigenvalue weighted by atomic mass is 9.70. The molecule has 0 spiro atoms. The number of pyridine rings is 1. The molecule has 4 N–H and O–H groups in total. The Bertz CT molecular complexity index is 803. The fourth-order valence-corrected chi connectivity index (χ4v) is 4.51. The molecule has 3 rings (SSSR count). The molecule has 6 nitrogen and oxygen atoms in total. The van der Waals surface area contributed by atoms with Crippen LogP contribution < -0.4 is 10.6 Å². The summed E-state index contributed by atoms with van der Waals surface area (Å²) in [4.78, 5) is 20.0. The Hall–Kier alpha value is -2.08. The van der Waals surface area contributed by atoms with Gasteiger partial charge in [-0.15, -0.1) is 0 Å². The zero-order valence-corrected chi connectivity index (χ0v) is 16.8. The van der Waals surface area contributed by atoms with Gasteiger partial charge in [0.25, 0.3) is 5.91 Å². The van der Waals surface area contributed by atoms with Crippen LogP contribution in [0.15, 0.2) is 18.5 Å². The van der Waals surface area contributed by atoms with E-state index in [-0.39, 0.29) is 11.9 Å². The van der Waals surface area contributed by atoms with E-state index in [1.165, 1.54) is 0 Å². The summed E-state index contributed by atoms with van der Waals surface area (Å²) in [5.74, 6) is 0.721. The molecule has 1 aliphatic carbocycles. The number of rotatable bonds is 6. The molecule has 0 aliphatic heterocycles. The molecule has 1 amide bonds. The molecule has 2 aromatic rings. The predicted molar refractivity (Wildman–Crippen MR) is 109 cm³/mol. The van der Waals surface area contributed by atoms with Gasteiger partial charge in [-0.05, 0) is 57.4 Å². The summed E-state index contributed by atoms with van der Waals surface area (Å²) < 4.78 is 0. The minimum Gasteiger partial charge on any atom is -0.390 e. The quantitative estimate of drug-likeness (QED) is 0.622. The van der Waals surface area contributed by atoms with Crippen LogP contribution in [0.2, 0.25) is 0 Å². The SMILES string of the molecule is CCNC(=O)c1cnc2[nH]ccc2c1N[C@@H](C)[C@H]1CC(C)C[C@@](O)(CC)C1. The number of hydrogen-bond donors (Lipinski definition) is 4. The Kier molecular flexibility index (Phi) is 5.75. The van der Waals surface area contributed by atoms with Gasteiger partial charge in [-0.3, -0.25) is 4.79 Å². The molecule has 2 heterocycles. The Labute approximate surface area is 161 Å². The predicted octanol–water partition coefficient (Wildman–Crippen LogP) is 3.69. The first kappa shape index (κ1) is 19.7. The summed E-state index contributed by atoms with van der Waals surface area (Å²) in [5.41, 5.74) is 1.56. The summed E-state index contributed by atoms with van der Waals surface area (Å²) in [7, 11) is 0. The molecule has 2 aromatic heterocycles. The fraction of sp³-hybridized carbons (Fsp3) is 0.619. The number of nitrogens with one attached hydrogen (secondary N) is 3. The Balaban J connectivity index is 1.89. The van der Waals surface area contributed by atoms with Crippen molar-refractivity contribution in [1.29, 1.82) is 0 Å². The summed E-state index contributed by atoms with van der Waals surface area (Å²) in [5, 5.41) is 18.3. The Morgan fingerprint density at radius 3 is 2.93 bits per heavy atom. The number of amides is 1. The lowest BCUT2D eigenvalue weighted by Gasteiger charge is -2.42. The second kappa shape index (κ2) is 7.89. The number of carbonyl (C=O) groups is 1. The van der Waals surface area contributed by atoms with Gasteiger partial charge in [-0.1, -0.05) is 13.8 Å². The minimum absolute atomic E-state index is 0.120. The van der Waals surface area contributed by atoms with E-state index in [0.717, 1.165) is 42.4 Å². The lowest BCUT2D eigenvalue weighted by molar-refractivity contribution is -0.0394. The van der Waals surface area contributed by atoms with Gasteiger partial charge < -0.3 is 20.7 Å². The van der Waals surface area contributed by atoms with Gasteiger partial charge in [-0.25, -0.2) is 4.98 Å². The molecule has 1 aliphatic rings. The van der Waals surface area contributed by atoms with Crippen molar-refractivity contribution in [3.63, 3.8) is 0 Å². The van der Waals surface area contributed by atoms with Gasteiger partial charge in [0.1, 0.15) is 5.65 Å². The summed E-state index contributed by atoms with van der Waals surface area (Å²) in [6.07, 6.45) is 6.99. The molecule has 0 saturated heterocycles. The number of nitrogens with zero attached hydrogens (tertiary/aromatic N) is 1. The highest BCUT2D eigenvalue weighted by atomic mass is 16.3. The van der Waals surface area contributed by atoms with Gasteiger partial charge >= 0.3 is 0 Å². The third-order valence-electron chi connectivity index (χ3n) is 5.98. The smallest absolute Gasteiger partial charge is 0.254 e. The van der Waals surface area contributed by atoms with E-state index in [4.69, 9.17) is 0 Å². The van der Waals surface area contributed by atoms with E-state index in [0.29, 0.717) is 23.9 Å². The van der Waals surface area contributed by atoms with E-state index >= 15 is 0 Å². The van der Waals surface area contributed by atoms with Crippen molar-refractivity contribution in [3.05, 3.63) is 24.0 Å². The Morgan fingerprint density at radius 2 is 2.22 bits per heavy atom. The van der Waals surface area contributed by atoms with Crippen molar-refractivity contribution in [2.24, 2.45) is 11.8 Å². The number of fused-ring (bicyclic) bond motifs is 1.